The molecule has 0 spiro atoms. The third-order valence-corrected chi connectivity index (χ3v) is 4.19. The van der Waals surface area contributed by atoms with Crippen LogP contribution in [0.5, 0.6) is 11.5 Å². The maximum Gasteiger partial charge on any atom is 0.233 e. The van der Waals surface area contributed by atoms with Crippen LogP contribution in [-0.2, 0) is 11.2 Å². The first-order chi connectivity index (χ1) is 12.7. The minimum atomic E-state index is 0.0166. The van der Waals surface area contributed by atoms with Crippen LogP contribution in [-0.4, -0.2) is 15.9 Å². The van der Waals surface area contributed by atoms with Crippen LogP contribution in [0.1, 0.15) is 17.8 Å². The summed E-state index contributed by atoms with van der Waals surface area (Å²) in [6.45, 7) is 3.70. The Labute approximate surface area is 151 Å². The molecule has 0 bridgehead atoms. The average Bonchev–Trinajstić information content (AvgIpc) is 2.69. The summed E-state index contributed by atoms with van der Waals surface area (Å²) in [5.41, 5.74) is 1.71. The summed E-state index contributed by atoms with van der Waals surface area (Å²) in [5, 5.41) is 0. The van der Waals surface area contributed by atoms with E-state index in [2.05, 4.69) is 16.5 Å². The molecule has 26 heavy (non-hydrogen) atoms. The number of amides is 1. The minimum absolute atomic E-state index is 0.0166. The Morgan fingerprint density at radius 2 is 1.73 bits per heavy atom. The summed E-state index contributed by atoms with van der Waals surface area (Å²) in [5.74, 6) is 2.63. The molecule has 2 aromatic carbocycles. The Morgan fingerprint density at radius 3 is 2.46 bits per heavy atom. The number of para-hydroxylation sites is 1. The molecular weight excluding hydrogens is 326 g/mol. The van der Waals surface area contributed by atoms with Crippen molar-refractivity contribution in [2.75, 3.05) is 4.90 Å². The van der Waals surface area contributed by atoms with E-state index in [0.29, 0.717) is 30.2 Å². The smallest absolute Gasteiger partial charge is 0.233 e. The lowest BCUT2D eigenvalue weighted by molar-refractivity contribution is -0.118. The lowest BCUT2D eigenvalue weighted by Crippen LogP contribution is -2.32. The molecule has 3 aromatic rings. The number of anilines is 2. The number of carbonyl (C=O) groups excluding carboxylic acids is 1. The maximum atomic E-state index is 12.5. The molecule has 0 radical (unpaired) electrons. The van der Waals surface area contributed by atoms with E-state index < -0.39 is 0 Å². The second-order valence-electron chi connectivity index (χ2n) is 5.92. The third kappa shape index (κ3) is 3.07. The molecule has 0 aliphatic carbocycles. The van der Waals surface area contributed by atoms with Crippen LogP contribution in [0.25, 0.3) is 6.08 Å². The number of aromatic nitrogens is 2. The van der Waals surface area contributed by atoms with Crippen LogP contribution in [0.4, 0.5) is 11.5 Å². The van der Waals surface area contributed by atoms with Gasteiger partial charge in [-0.2, -0.15) is 0 Å². The van der Waals surface area contributed by atoms with E-state index in [-0.39, 0.29) is 5.91 Å². The molecule has 0 unspecified atom stereocenters. The fraction of sp³-hybridized carbons (Fsp3) is 0.0952. The van der Waals surface area contributed by atoms with Crippen molar-refractivity contribution in [1.82, 2.24) is 9.97 Å². The van der Waals surface area contributed by atoms with Crippen molar-refractivity contribution in [3.63, 3.8) is 0 Å². The third-order valence-electron chi connectivity index (χ3n) is 4.19. The monoisotopic (exact) mass is 343 g/mol. The van der Waals surface area contributed by atoms with Gasteiger partial charge in [-0.15, -0.1) is 0 Å². The number of carbonyl (C=O) groups is 1. The molecule has 0 N–H and O–H groups in total. The molecule has 5 heteroatoms. The van der Waals surface area contributed by atoms with Gasteiger partial charge in [0.2, 0.25) is 5.91 Å². The standard InChI is InChI=1S/C21H17N3O2/c1-2-19-22-14-15-8-13-20(25)24(21(15)23-19)16-9-11-18(12-10-16)26-17-6-4-3-5-7-17/h2-7,9-12,14H,1,8,13H2. The van der Waals surface area contributed by atoms with Gasteiger partial charge >= 0.3 is 0 Å². The Kier molecular flexibility index (Phi) is 4.19. The molecule has 1 aliphatic rings. The molecule has 4 rings (SSSR count). The van der Waals surface area contributed by atoms with Crippen LogP contribution in [0.3, 0.4) is 0 Å². The summed E-state index contributed by atoms with van der Waals surface area (Å²) in [7, 11) is 0. The Balaban J connectivity index is 1.65. The summed E-state index contributed by atoms with van der Waals surface area (Å²) < 4.78 is 5.81. The molecule has 0 fully saturated rings. The van der Waals surface area contributed by atoms with E-state index in [9.17, 15) is 4.79 Å². The second-order valence-corrected chi connectivity index (χ2v) is 5.92. The molecule has 0 saturated heterocycles. The van der Waals surface area contributed by atoms with Crippen molar-refractivity contribution in [2.45, 2.75) is 12.8 Å². The predicted molar refractivity (Wildman–Crippen MR) is 101 cm³/mol. The molecule has 128 valence electrons. The Hall–Kier alpha value is -3.47. The van der Waals surface area contributed by atoms with Crippen LogP contribution in [0.2, 0.25) is 0 Å². The summed E-state index contributed by atoms with van der Waals surface area (Å²) in [6, 6.07) is 17.0. The molecule has 5 nitrogen and oxygen atoms in total. The van der Waals surface area contributed by atoms with E-state index in [0.717, 1.165) is 17.0 Å². The van der Waals surface area contributed by atoms with Crippen molar-refractivity contribution in [1.29, 1.82) is 0 Å². The van der Waals surface area contributed by atoms with Crippen LogP contribution in [0, 0.1) is 0 Å². The lowest BCUT2D eigenvalue weighted by atomic mass is 10.1. The van der Waals surface area contributed by atoms with Crippen molar-refractivity contribution >= 4 is 23.5 Å². The van der Waals surface area contributed by atoms with Gasteiger partial charge < -0.3 is 4.74 Å². The van der Waals surface area contributed by atoms with Gasteiger partial charge in [-0.1, -0.05) is 24.8 Å². The second kappa shape index (κ2) is 6.80. The first-order valence-electron chi connectivity index (χ1n) is 8.39. The van der Waals surface area contributed by atoms with Crippen LogP contribution in [0.15, 0.2) is 67.4 Å². The largest absolute Gasteiger partial charge is 0.457 e. The summed E-state index contributed by atoms with van der Waals surface area (Å²) >= 11 is 0. The lowest BCUT2D eigenvalue weighted by Gasteiger charge is -2.28. The molecule has 1 aromatic heterocycles. The fourth-order valence-electron chi connectivity index (χ4n) is 2.90. The highest BCUT2D eigenvalue weighted by Gasteiger charge is 2.27. The van der Waals surface area contributed by atoms with Crippen LogP contribution >= 0.6 is 0 Å². The van der Waals surface area contributed by atoms with Gasteiger partial charge in [0.25, 0.3) is 0 Å². The number of fused-ring (bicyclic) bond motifs is 1. The number of aryl methyl sites for hydroxylation is 1. The highest BCUT2D eigenvalue weighted by atomic mass is 16.5. The predicted octanol–water partition coefficient (Wildman–Crippen LogP) is 4.52. The number of nitrogens with zero attached hydrogens (tertiary/aromatic N) is 3. The summed E-state index contributed by atoms with van der Waals surface area (Å²) in [4.78, 5) is 22.9. The van der Waals surface area contributed by atoms with Gasteiger partial charge in [0.1, 0.15) is 17.3 Å². The zero-order valence-corrected chi connectivity index (χ0v) is 14.1. The average molecular weight is 343 g/mol. The topological polar surface area (TPSA) is 55.3 Å². The zero-order chi connectivity index (χ0) is 17.9. The van der Waals surface area contributed by atoms with Gasteiger partial charge in [0, 0.05) is 18.2 Å². The van der Waals surface area contributed by atoms with Crippen molar-refractivity contribution < 1.29 is 9.53 Å². The van der Waals surface area contributed by atoms with Crippen molar-refractivity contribution in [2.24, 2.45) is 0 Å². The summed E-state index contributed by atoms with van der Waals surface area (Å²) in [6.07, 6.45) is 4.43. The van der Waals surface area contributed by atoms with Crippen molar-refractivity contribution in [3.8, 4) is 11.5 Å². The van der Waals surface area contributed by atoms with Gasteiger partial charge in [0.15, 0.2) is 5.82 Å². The highest BCUT2D eigenvalue weighted by molar-refractivity contribution is 6.02. The quantitative estimate of drug-likeness (QED) is 0.699. The molecule has 1 amide bonds. The van der Waals surface area contributed by atoms with E-state index in [1.807, 2.05) is 54.6 Å². The van der Waals surface area contributed by atoms with E-state index in [1.165, 1.54) is 0 Å². The molecular formula is C21H17N3O2. The number of hydrogen-bond acceptors (Lipinski definition) is 4. The van der Waals surface area contributed by atoms with Crippen LogP contribution < -0.4 is 9.64 Å². The first kappa shape index (κ1) is 16.0. The van der Waals surface area contributed by atoms with E-state index in [4.69, 9.17) is 4.74 Å². The number of rotatable bonds is 4. The normalized spacial score (nSPS) is 13.2. The number of ether oxygens (including phenoxy) is 1. The number of benzene rings is 2. The fourth-order valence-corrected chi connectivity index (χ4v) is 2.90. The molecule has 1 aliphatic heterocycles. The van der Waals surface area contributed by atoms with E-state index in [1.54, 1.807) is 17.2 Å². The zero-order valence-electron chi connectivity index (χ0n) is 14.1. The van der Waals surface area contributed by atoms with E-state index >= 15 is 0 Å². The van der Waals surface area contributed by atoms with Gasteiger partial charge in [-0.3, -0.25) is 9.69 Å². The maximum absolute atomic E-state index is 12.5. The SMILES string of the molecule is C=Cc1ncc2c(n1)N(c1ccc(Oc3ccccc3)cc1)C(=O)CC2. The molecule has 0 saturated carbocycles. The number of hydrogen-bond donors (Lipinski definition) is 0. The van der Waals surface area contributed by atoms with Gasteiger partial charge in [-0.25, -0.2) is 9.97 Å². The minimum Gasteiger partial charge on any atom is -0.457 e. The van der Waals surface area contributed by atoms with Gasteiger partial charge in [0.05, 0.1) is 5.69 Å². The Bertz CT molecular complexity index is 953. The highest BCUT2D eigenvalue weighted by Crippen LogP contribution is 2.34. The molecule has 2 heterocycles. The molecule has 0 atom stereocenters. The van der Waals surface area contributed by atoms with Gasteiger partial charge in [-0.05, 0) is 48.9 Å². The van der Waals surface area contributed by atoms with Crippen molar-refractivity contribution in [3.05, 3.63) is 78.8 Å². The first-order valence-corrected chi connectivity index (χ1v) is 8.39. The Morgan fingerprint density at radius 1 is 1.00 bits per heavy atom.